The van der Waals surface area contributed by atoms with Crippen LogP contribution < -0.4 is 5.32 Å². The average molecular weight is 292 g/mol. The van der Waals surface area contributed by atoms with Gasteiger partial charge in [-0.25, -0.2) is 0 Å². The third kappa shape index (κ3) is 2.80. The van der Waals surface area contributed by atoms with Crippen LogP contribution in [0.4, 0.5) is 0 Å². The van der Waals surface area contributed by atoms with Gasteiger partial charge in [0.25, 0.3) is 0 Å². The van der Waals surface area contributed by atoms with E-state index in [4.69, 9.17) is 4.74 Å². The molecule has 4 heteroatoms. The second kappa shape index (κ2) is 5.76. The molecule has 3 atom stereocenters. The molecule has 1 saturated carbocycles. The summed E-state index contributed by atoms with van der Waals surface area (Å²) in [6.45, 7) is 4.35. The van der Waals surface area contributed by atoms with Crippen LogP contribution in [0.3, 0.4) is 0 Å². The van der Waals surface area contributed by atoms with Crippen molar-refractivity contribution in [2.24, 2.45) is 5.92 Å². The van der Waals surface area contributed by atoms with Crippen LogP contribution in [0.5, 0.6) is 0 Å². The maximum atomic E-state index is 6.06. The Kier molecular flexibility index (Phi) is 3.82. The number of ether oxygens (including phenoxy) is 1. The summed E-state index contributed by atoms with van der Waals surface area (Å²) < 4.78 is 6.06. The van der Waals surface area contributed by atoms with Crippen molar-refractivity contribution in [3.05, 3.63) is 22.4 Å². The second-order valence-corrected chi connectivity index (χ2v) is 7.46. The molecule has 110 valence electrons. The molecule has 3 unspecified atom stereocenters. The maximum Gasteiger partial charge on any atom is 0.0827 e. The molecular formula is C16H24N2OS. The number of morpholine rings is 1. The van der Waals surface area contributed by atoms with Crippen LogP contribution in [0.25, 0.3) is 0 Å². The van der Waals surface area contributed by atoms with Crippen LogP contribution >= 0.6 is 11.3 Å². The minimum atomic E-state index is 0.380. The fourth-order valence-corrected chi connectivity index (χ4v) is 4.56. The molecule has 4 rings (SSSR count). The summed E-state index contributed by atoms with van der Waals surface area (Å²) in [7, 11) is 0. The lowest BCUT2D eigenvalue weighted by molar-refractivity contribution is -0.0480. The first-order chi connectivity index (χ1) is 9.90. The summed E-state index contributed by atoms with van der Waals surface area (Å²) in [6.07, 6.45) is 5.84. The molecule has 1 N–H and O–H groups in total. The highest BCUT2D eigenvalue weighted by atomic mass is 32.1. The first kappa shape index (κ1) is 13.3. The molecule has 2 aliphatic heterocycles. The number of rotatable bonds is 5. The van der Waals surface area contributed by atoms with Crippen LogP contribution in [0.2, 0.25) is 0 Å². The lowest BCUT2D eigenvalue weighted by Gasteiger charge is -2.36. The molecule has 2 saturated heterocycles. The molecule has 3 heterocycles. The van der Waals surface area contributed by atoms with Gasteiger partial charge in [0.05, 0.1) is 12.7 Å². The Morgan fingerprint density at radius 1 is 1.40 bits per heavy atom. The Morgan fingerprint density at radius 3 is 3.15 bits per heavy atom. The summed E-state index contributed by atoms with van der Waals surface area (Å²) in [6, 6.07) is 5.72. The summed E-state index contributed by atoms with van der Waals surface area (Å²) in [5.41, 5.74) is 0. The van der Waals surface area contributed by atoms with E-state index in [9.17, 15) is 0 Å². The van der Waals surface area contributed by atoms with Gasteiger partial charge in [0.1, 0.15) is 0 Å². The first-order valence-corrected chi connectivity index (χ1v) is 8.90. The van der Waals surface area contributed by atoms with E-state index in [2.05, 4.69) is 27.7 Å². The molecule has 20 heavy (non-hydrogen) atoms. The summed E-state index contributed by atoms with van der Waals surface area (Å²) >= 11 is 1.89. The highest BCUT2D eigenvalue weighted by Crippen LogP contribution is 2.42. The highest BCUT2D eigenvalue weighted by molar-refractivity contribution is 7.10. The number of hydrogen-bond donors (Lipinski definition) is 1. The molecule has 0 amide bonds. The monoisotopic (exact) mass is 292 g/mol. The summed E-state index contributed by atoms with van der Waals surface area (Å²) in [5.74, 6) is 0.858. The number of fused-ring (bicyclic) bond motifs is 1. The van der Waals surface area contributed by atoms with Crippen molar-refractivity contribution in [2.75, 3.05) is 26.2 Å². The van der Waals surface area contributed by atoms with Gasteiger partial charge >= 0.3 is 0 Å². The van der Waals surface area contributed by atoms with Crippen LogP contribution in [0.1, 0.15) is 36.6 Å². The Balaban J connectivity index is 1.32. The lowest BCUT2D eigenvalue weighted by atomic mass is 10.1. The van der Waals surface area contributed by atoms with Gasteiger partial charge in [-0.1, -0.05) is 6.07 Å². The molecule has 0 spiro atoms. The summed E-state index contributed by atoms with van der Waals surface area (Å²) in [5, 5.41) is 5.99. The second-order valence-electron chi connectivity index (χ2n) is 6.49. The fourth-order valence-electron chi connectivity index (χ4n) is 3.66. The molecular weight excluding hydrogens is 268 g/mol. The van der Waals surface area contributed by atoms with E-state index >= 15 is 0 Å². The lowest BCUT2D eigenvalue weighted by Crippen LogP contribution is -2.49. The molecule has 1 aromatic heterocycles. The minimum Gasteiger partial charge on any atom is -0.374 e. The van der Waals surface area contributed by atoms with Crippen LogP contribution in [0.15, 0.2) is 17.5 Å². The van der Waals surface area contributed by atoms with Crippen molar-refractivity contribution in [1.82, 2.24) is 10.2 Å². The average Bonchev–Trinajstić information content (AvgIpc) is 2.99. The van der Waals surface area contributed by atoms with Gasteiger partial charge in [0, 0.05) is 30.1 Å². The SMILES string of the molecule is c1csc(C(NCC2CN3CCCC3CO2)C2CC2)c1. The van der Waals surface area contributed by atoms with Crippen molar-refractivity contribution in [3.8, 4) is 0 Å². The molecule has 3 nitrogen and oxygen atoms in total. The van der Waals surface area contributed by atoms with Crippen molar-refractivity contribution in [3.63, 3.8) is 0 Å². The van der Waals surface area contributed by atoms with Crippen molar-refractivity contribution >= 4 is 11.3 Å². The first-order valence-electron chi connectivity index (χ1n) is 8.02. The van der Waals surface area contributed by atoms with Gasteiger partial charge < -0.3 is 10.1 Å². The van der Waals surface area contributed by atoms with E-state index < -0.39 is 0 Å². The van der Waals surface area contributed by atoms with Gasteiger partial charge in [0.15, 0.2) is 0 Å². The normalized spacial score (nSPS) is 32.2. The fraction of sp³-hybridized carbons (Fsp3) is 0.750. The third-order valence-electron chi connectivity index (χ3n) is 4.97. The Bertz CT molecular complexity index is 432. The molecule has 0 aromatic carbocycles. The van der Waals surface area contributed by atoms with Crippen molar-refractivity contribution < 1.29 is 4.74 Å². The number of nitrogens with zero attached hydrogens (tertiary/aromatic N) is 1. The van der Waals surface area contributed by atoms with E-state index in [0.717, 1.165) is 25.6 Å². The molecule has 1 aliphatic carbocycles. The number of nitrogens with one attached hydrogen (secondary N) is 1. The van der Waals surface area contributed by atoms with E-state index in [1.54, 1.807) is 0 Å². The minimum absolute atomic E-state index is 0.380. The zero-order chi connectivity index (χ0) is 13.4. The largest absolute Gasteiger partial charge is 0.374 e. The zero-order valence-electron chi connectivity index (χ0n) is 12.0. The zero-order valence-corrected chi connectivity index (χ0v) is 12.8. The van der Waals surface area contributed by atoms with E-state index in [-0.39, 0.29) is 0 Å². The number of thiophene rings is 1. The van der Waals surface area contributed by atoms with Crippen LogP contribution in [-0.2, 0) is 4.74 Å². The predicted octanol–water partition coefficient (Wildman–Crippen LogP) is 2.65. The molecule has 3 fully saturated rings. The van der Waals surface area contributed by atoms with Crippen LogP contribution in [0, 0.1) is 5.92 Å². The number of hydrogen-bond acceptors (Lipinski definition) is 4. The van der Waals surface area contributed by atoms with E-state index in [1.807, 2.05) is 11.3 Å². The molecule has 0 radical (unpaired) electrons. The third-order valence-corrected chi connectivity index (χ3v) is 5.93. The van der Waals surface area contributed by atoms with Gasteiger partial charge in [-0.15, -0.1) is 11.3 Å². The maximum absolute atomic E-state index is 6.06. The van der Waals surface area contributed by atoms with Crippen molar-refractivity contribution in [1.29, 1.82) is 0 Å². The molecule has 0 bridgehead atoms. The topological polar surface area (TPSA) is 24.5 Å². The van der Waals surface area contributed by atoms with Gasteiger partial charge in [0.2, 0.25) is 0 Å². The van der Waals surface area contributed by atoms with E-state index in [1.165, 1.54) is 37.1 Å². The predicted molar refractivity (Wildman–Crippen MR) is 82.1 cm³/mol. The Hall–Kier alpha value is -0.420. The Labute approximate surface area is 125 Å². The summed E-state index contributed by atoms with van der Waals surface area (Å²) in [4.78, 5) is 4.13. The van der Waals surface area contributed by atoms with Gasteiger partial charge in [-0.05, 0) is 49.6 Å². The van der Waals surface area contributed by atoms with E-state index in [0.29, 0.717) is 18.2 Å². The van der Waals surface area contributed by atoms with Crippen LogP contribution in [-0.4, -0.2) is 43.3 Å². The van der Waals surface area contributed by atoms with Gasteiger partial charge in [-0.3, -0.25) is 4.90 Å². The highest BCUT2D eigenvalue weighted by Gasteiger charge is 2.35. The molecule has 1 aromatic rings. The van der Waals surface area contributed by atoms with Crippen molar-refractivity contribution in [2.45, 2.75) is 43.9 Å². The standard InChI is InChI=1S/C16H24N2OS/c1-3-13-11-19-14(10-18(13)7-1)9-17-16(12-5-6-12)15-4-2-8-20-15/h2,4,8,12-14,16-17H,1,3,5-7,9-11H2. The van der Waals surface area contributed by atoms with Gasteiger partial charge in [-0.2, -0.15) is 0 Å². The quantitative estimate of drug-likeness (QED) is 0.903. The smallest absolute Gasteiger partial charge is 0.0827 e. The molecule has 3 aliphatic rings. The Morgan fingerprint density at radius 2 is 2.35 bits per heavy atom.